The van der Waals surface area contributed by atoms with E-state index in [4.69, 9.17) is 4.74 Å². The van der Waals surface area contributed by atoms with Crippen LogP contribution in [0.15, 0.2) is 18.2 Å². The summed E-state index contributed by atoms with van der Waals surface area (Å²) < 4.78 is 18.4. The Labute approximate surface area is 128 Å². The molecule has 2 rings (SSSR count). The molecule has 1 amide bonds. The second-order valence-corrected chi connectivity index (χ2v) is 5.30. The Kier molecular flexibility index (Phi) is 4.85. The Morgan fingerprint density at radius 1 is 1.41 bits per heavy atom. The fourth-order valence-electron chi connectivity index (χ4n) is 2.69. The highest BCUT2D eigenvalue weighted by molar-refractivity contribution is 5.77. The van der Waals surface area contributed by atoms with Gasteiger partial charge in [0.15, 0.2) is 11.6 Å². The van der Waals surface area contributed by atoms with E-state index >= 15 is 0 Å². The van der Waals surface area contributed by atoms with Gasteiger partial charge in [0.25, 0.3) is 0 Å². The number of piperazine rings is 1. The molecule has 1 aromatic carbocycles. The van der Waals surface area contributed by atoms with Crippen molar-refractivity contribution in [3.63, 3.8) is 0 Å². The Morgan fingerprint density at radius 2 is 2.14 bits per heavy atom. The molecule has 0 saturated carbocycles. The molecular formula is C15H19FN2O4. The molecule has 1 saturated heterocycles. The van der Waals surface area contributed by atoms with E-state index in [1.54, 1.807) is 12.1 Å². The molecule has 0 spiro atoms. The number of hydrogen-bond donors (Lipinski definition) is 1. The van der Waals surface area contributed by atoms with Gasteiger partial charge < -0.3 is 19.6 Å². The van der Waals surface area contributed by atoms with E-state index in [-0.39, 0.29) is 18.0 Å². The lowest BCUT2D eigenvalue weighted by Crippen LogP contribution is -2.55. The molecule has 1 aliphatic rings. The molecule has 1 fully saturated rings. The fourth-order valence-corrected chi connectivity index (χ4v) is 2.69. The van der Waals surface area contributed by atoms with Crippen LogP contribution in [-0.4, -0.2) is 54.7 Å². The number of rotatable bonds is 4. The van der Waals surface area contributed by atoms with E-state index < -0.39 is 18.0 Å². The maximum absolute atomic E-state index is 13.5. The lowest BCUT2D eigenvalue weighted by molar-refractivity contribution is -0.118. The van der Waals surface area contributed by atoms with Crippen LogP contribution >= 0.6 is 0 Å². The number of ether oxygens (including phenoxy) is 1. The van der Waals surface area contributed by atoms with Crippen molar-refractivity contribution in [1.29, 1.82) is 0 Å². The van der Waals surface area contributed by atoms with Crippen LogP contribution in [0.3, 0.4) is 0 Å². The highest BCUT2D eigenvalue weighted by atomic mass is 19.1. The molecule has 0 aromatic heterocycles. The van der Waals surface area contributed by atoms with Gasteiger partial charge in [0.1, 0.15) is 5.78 Å². The van der Waals surface area contributed by atoms with Gasteiger partial charge in [0.2, 0.25) is 0 Å². The Balaban J connectivity index is 2.20. The average molecular weight is 310 g/mol. The summed E-state index contributed by atoms with van der Waals surface area (Å²) in [6, 6.07) is 4.12. The Morgan fingerprint density at radius 3 is 2.73 bits per heavy atom. The number of anilines is 1. The zero-order chi connectivity index (χ0) is 16.3. The SMILES string of the molecule is COc1cc(N2CCN(C(=O)O)C(CC(C)=O)C2)ccc1F. The number of carbonyl (C=O) groups excluding carboxylic acids is 1. The van der Waals surface area contributed by atoms with Crippen molar-refractivity contribution in [3.8, 4) is 5.75 Å². The molecule has 7 heteroatoms. The number of hydrogen-bond acceptors (Lipinski definition) is 4. The normalized spacial score (nSPS) is 18.2. The first-order chi connectivity index (χ1) is 10.4. The van der Waals surface area contributed by atoms with E-state index in [2.05, 4.69) is 0 Å². The van der Waals surface area contributed by atoms with Crippen LogP contribution in [0, 0.1) is 5.82 Å². The summed E-state index contributed by atoms with van der Waals surface area (Å²) in [6.45, 7) is 2.61. The molecule has 0 bridgehead atoms. The minimum Gasteiger partial charge on any atom is -0.494 e. The zero-order valence-electron chi connectivity index (χ0n) is 12.6. The van der Waals surface area contributed by atoms with Gasteiger partial charge in [-0.25, -0.2) is 9.18 Å². The quantitative estimate of drug-likeness (QED) is 0.921. The molecule has 120 valence electrons. The molecular weight excluding hydrogens is 291 g/mol. The minimum absolute atomic E-state index is 0.0604. The molecule has 1 unspecified atom stereocenters. The first-order valence-electron chi connectivity index (χ1n) is 7.00. The number of amides is 1. The third kappa shape index (κ3) is 3.47. The van der Waals surface area contributed by atoms with Crippen molar-refractivity contribution in [2.24, 2.45) is 0 Å². The number of carbonyl (C=O) groups is 2. The van der Waals surface area contributed by atoms with Crippen molar-refractivity contribution in [1.82, 2.24) is 4.90 Å². The van der Waals surface area contributed by atoms with Crippen LogP contribution < -0.4 is 9.64 Å². The average Bonchev–Trinajstić information content (AvgIpc) is 2.46. The van der Waals surface area contributed by atoms with E-state index in [0.717, 1.165) is 5.69 Å². The summed E-state index contributed by atoms with van der Waals surface area (Å²) in [6.07, 6.45) is -0.858. The van der Waals surface area contributed by atoms with Crippen molar-refractivity contribution in [2.75, 3.05) is 31.6 Å². The summed E-state index contributed by atoms with van der Waals surface area (Å²) in [5, 5.41) is 9.22. The molecule has 1 N–H and O–H groups in total. The standard InChI is InChI=1S/C15H19FN2O4/c1-10(19)7-12-9-17(5-6-18(12)15(20)21)11-3-4-13(16)14(8-11)22-2/h3-4,8,12H,5-7,9H2,1-2H3,(H,20,21). The highest BCUT2D eigenvalue weighted by Crippen LogP contribution is 2.27. The number of nitrogens with zero attached hydrogens (tertiary/aromatic N) is 2. The molecule has 1 heterocycles. The van der Waals surface area contributed by atoms with Crippen LogP contribution in [0.4, 0.5) is 14.9 Å². The lowest BCUT2D eigenvalue weighted by atomic mass is 10.1. The summed E-state index contributed by atoms with van der Waals surface area (Å²) >= 11 is 0. The molecule has 0 aliphatic carbocycles. The number of benzene rings is 1. The number of ketones is 1. The van der Waals surface area contributed by atoms with Crippen LogP contribution in [0.25, 0.3) is 0 Å². The van der Waals surface area contributed by atoms with Crippen molar-refractivity contribution < 1.29 is 23.8 Å². The van der Waals surface area contributed by atoms with Gasteiger partial charge in [-0.15, -0.1) is 0 Å². The predicted octanol–water partition coefficient (Wildman–Crippen LogP) is 1.98. The van der Waals surface area contributed by atoms with Gasteiger partial charge in [-0.1, -0.05) is 0 Å². The van der Waals surface area contributed by atoms with Crippen LogP contribution in [-0.2, 0) is 4.79 Å². The molecule has 6 nitrogen and oxygen atoms in total. The number of carboxylic acid groups (broad SMARTS) is 1. The van der Waals surface area contributed by atoms with E-state index in [0.29, 0.717) is 19.6 Å². The molecule has 1 atom stereocenters. The number of halogens is 1. The molecule has 0 radical (unpaired) electrons. The molecule has 1 aliphatic heterocycles. The predicted molar refractivity (Wildman–Crippen MR) is 79.0 cm³/mol. The highest BCUT2D eigenvalue weighted by Gasteiger charge is 2.31. The molecule has 22 heavy (non-hydrogen) atoms. The second-order valence-electron chi connectivity index (χ2n) is 5.30. The van der Waals surface area contributed by atoms with Gasteiger partial charge >= 0.3 is 6.09 Å². The Bertz CT molecular complexity index is 579. The van der Waals surface area contributed by atoms with E-state index in [1.165, 1.54) is 25.0 Å². The van der Waals surface area contributed by atoms with Gasteiger partial charge in [0, 0.05) is 37.8 Å². The zero-order valence-corrected chi connectivity index (χ0v) is 12.6. The third-order valence-electron chi connectivity index (χ3n) is 3.75. The minimum atomic E-state index is -1.03. The molecule has 1 aromatic rings. The van der Waals surface area contributed by atoms with Crippen molar-refractivity contribution in [2.45, 2.75) is 19.4 Å². The topological polar surface area (TPSA) is 70.1 Å². The van der Waals surface area contributed by atoms with Gasteiger partial charge in [-0.2, -0.15) is 0 Å². The fraction of sp³-hybridized carbons (Fsp3) is 0.467. The smallest absolute Gasteiger partial charge is 0.407 e. The van der Waals surface area contributed by atoms with Crippen LogP contribution in [0.5, 0.6) is 5.75 Å². The summed E-state index contributed by atoms with van der Waals surface area (Å²) in [5.74, 6) is -0.369. The first kappa shape index (κ1) is 16.1. The lowest BCUT2D eigenvalue weighted by Gasteiger charge is -2.40. The summed E-state index contributed by atoms with van der Waals surface area (Å²) in [4.78, 5) is 25.9. The van der Waals surface area contributed by atoms with Crippen LogP contribution in [0.1, 0.15) is 13.3 Å². The van der Waals surface area contributed by atoms with Gasteiger partial charge in [-0.05, 0) is 19.1 Å². The van der Waals surface area contributed by atoms with E-state index in [9.17, 15) is 19.1 Å². The van der Waals surface area contributed by atoms with Gasteiger partial charge in [-0.3, -0.25) is 4.79 Å². The number of methoxy groups -OCH3 is 1. The monoisotopic (exact) mass is 310 g/mol. The second kappa shape index (κ2) is 6.64. The maximum atomic E-state index is 13.5. The largest absolute Gasteiger partial charge is 0.494 e. The summed E-state index contributed by atoms with van der Waals surface area (Å²) in [5.41, 5.74) is 0.747. The van der Waals surface area contributed by atoms with Crippen molar-refractivity contribution >= 4 is 17.6 Å². The third-order valence-corrected chi connectivity index (χ3v) is 3.75. The Hall–Kier alpha value is -2.31. The van der Waals surface area contributed by atoms with Gasteiger partial charge in [0.05, 0.1) is 13.2 Å². The number of Topliss-reactive ketones (excluding diaryl/α,β-unsaturated/α-hetero) is 1. The summed E-state index contributed by atoms with van der Waals surface area (Å²) in [7, 11) is 1.39. The maximum Gasteiger partial charge on any atom is 0.407 e. The van der Waals surface area contributed by atoms with Crippen LogP contribution in [0.2, 0.25) is 0 Å². The van der Waals surface area contributed by atoms with E-state index in [1.807, 2.05) is 4.90 Å². The first-order valence-corrected chi connectivity index (χ1v) is 7.00. The van der Waals surface area contributed by atoms with Crippen molar-refractivity contribution in [3.05, 3.63) is 24.0 Å².